The van der Waals surface area contributed by atoms with Gasteiger partial charge in [0.15, 0.2) is 0 Å². The molecule has 0 aromatic rings. The van der Waals surface area contributed by atoms with Gasteiger partial charge in [-0.1, -0.05) is 0 Å². The molecule has 3 heteroatoms. The fraction of sp³-hybridized carbons (Fsp3) is 1.00. The number of methoxy groups -OCH3 is 1. The van der Waals surface area contributed by atoms with Gasteiger partial charge < -0.3 is 10.5 Å². The standard InChI is InChI=1S/C6H13NO.ClH/c1-8-5-4-6(7)2-3-6;/h2-5,7H2,1H3;1H. The molecule has 0 atom stereocenters. The first-order valence-electron chi connectivity index (χ1n) is 3.05. The number of halogens is 1. The lowest BCUT2D eigenvalue weighted by molar-refractivity contribution is 0.185. The molecule has 0 spiro atoms. The van der Waals surface area contributed by atoms with Crippen molar-refractivity contribution < 1.29 is 4.74 Å². The second-order valence-corrected chi connectivity index (χ2v) is 2.61. The molecule has 0 amide bonds. The maximum atomic E-state index is 5.75. The lowest BCUT2D eigenvalue weighted by Gasteiger charge is -2.04. The summed E-state index contributed by atoms with van der Waals surface area (Å²) >= 11 is 0. The van der Waals surface area contributed by atoms with E-state index in [1.807, 2.05) is 0 Å². The molecule has 1 rings (SSSR count). The average Bonchev–Trinajstić information content (AvgIpc) is 2.45. The number of nitrogens with two attached hydrogens (primary N) is 1. The molecular formula is C6H14ClNO. The van der Waals surface area contributed by atoms with Gasteiger partial charge in [-0.3, -0.25) is 0 Å². The van der Waals surface area contributed by atoms with E-state index in [0.29, 0.717) is 0 Å². The second-order valence-electron chi connectivity index (χ2n) is 2.61. The first-order valence-corrected chi connectivity index (χ1v) is 3.05. The topological polar surface area (TPSA) is 35.2 Å². The second kappa shape index (κ2) is 3.40. The Morgan fingerprint density at radius 3 is 2.44 bits per heavy atom. The van der Waals surface area contributed by atoms with E-state index in [9.17, 15) is 0 Å². The molecule has 0 aromatic heterocycles. The van der Waals surface area contributed by atoms with Crippen LogP contribution in [0.2, 0.25) is 0 Å². The Labute approximate surface area is 62.2 Å². The summed E-state index contributed by atoms with van der Waals surface area (Å²) in [5.74, 6) is 0. The SMILES string of the molecule is COCCC1(N)CC1.Cl. The number of hydrogen-bond donors (Lipinski definition) is 1. The average molecular weight is 152 g/mol. The first-order chi connectivity index (χ1) is 3.77. The van der Waals surface area contributed by atoms with Gasteiger partial charge in [0.1, 0.15) is 0 Å². The summed E-state index contributed by atoms with van der Waals surface area (Å²) in [7, 11) is 1.71. The molecule has 2 N–H and O–H groups in total. The van der Waals surface area contributed by atoms with Crippen LogP contribution >= 0.6 is 12.4 Å². The van der Waals surface area contributed by atoms with Gasteiger partial charge in [0.05, 0.1) is 0 Å². The minimum atomic E-state index is 0. The highest BCUT2D eigenvalue weighted by molar-refractivity contribution is 5.85. The normalized spacial score (nSPS) is 20.7. The van der Waals surface area contributed by atoms with E-state index in [1.165, 1.54) is 12.8 Å². The van der Waals surface area contributed by atoms with Gasteiger partial charge in [0.25, 0.3) is 0 Å². The zero-order valence-corrected chi connectivity index (χ0v) is 6.54. The highest BCUT2D eigenvalue weighted by atomic mass is 35.5. The Morgan fingerprint density at radius 2 is 2.11 bits per heavy atom. The number of hydrogen-bond acceptors (Lipinski definition) is 2. The summed E-state index contributed by atoms with van der Waals surface area (Å²) < 4.78 is 4.88. The van der Waals surface area contributed by atoms with Gasteiger partial charge in [-0.2, -0.15) is 0 Å². The van der Waals surface area contributed by atoms with Crippen LogP contribution in [0.1, 0.15) is 19.3 Å². The lowest BCUT2D eigenvalue weighted by atomic mass is 10.2. The molecule has 9 heavy (non-hydrogen) atoms. The molecule has 1 aliphatic rings. The molecule has 56 valence electrons. The van der Waals surface area contributed by atoms with Crippen molar-refractivity contribution >= 4 is 12.4 Å². The van der Waals surface area contributed by atoms with E-state index in [0.717, 1.165) is 13.0 Å². The van der Waals surface area contributed by atoms with Gasteiger partial charge in [-0.15, -0.1) is 12.4 Å². The Morgan fingerprint density at radius 1 is 1.56 bits per heavy atom. The molecule has 1 saturated carbocycles. The van der Waals surface area contributed by atoms with E-state index in [4.69, 9.17) is 10.5 Å². The predicted molar refractivity (Wildman–Crippen MR) is 39.9 cm³/mol. The highest BCUT2D eigenvalue weighted by Gasteiger charge is 2.37. The fourth-order valence-corrected chi connectivity index (χ4v) is 0.716. The third kappa shape index (κ3) is 3.04. The van der Waals surface area contributed by atoms with Crippen molar-refractivity contribution in [2.45, 2.75) is 24.8 Å². The van der Waals surface area contributed by atoms with Crippen LogP contribution in [0.25, 0.3) is 0 Å². The van der Waals surface area contributed by atoms with Crippen molar-refractivity contribution in [3.63, 3.8) is 0 Å². The monoisotopic (exact) mass is 151 g/mol. The maximum absolute atomic E-state index is 5.75. The third-order valence-electron chi connectivity index (χ3n) is 1.70. The quantitative estimate of drug-likeness (QED) is 0.652. The van der Waals surface area contributed by atoms with Crippen molar-refractivity contribution in [3.05, 3.63) is 0 Å². The van der Waals surface area contributed by atoms with Crippen LogP contribution in [-0.4, -0.2) is 19.3 Å². The summed E-state index contributed by atoms with van der Waals surface area (Å²) in [6.45, 7) is 0.816. The zero-order chi connectivity index (χ0) is 6.04. The molecule has 1 aliphatic carbocycles. The molecular weight excluding hydrogens is 138 g/mol. The summed E-state index contributed by atoms with van der Waals surface area (Å²) in [6.07, 6.45) is 3.41. The van der Waals surface area contributed by atoms with Crippen LogP contribution in [0.3, 0.4) is 0 Å². The van der Waals surface area contributed by atoms with Gasteiger partial charge in [-0.05, 0) is 19.3 Å². The van der Waals surface area contributed by atoms with E-state index in [-0.39, 0.29) is 17.9 Å². The van der Waals surface area contributed by atoms with Crippen molar-refractivity contribution in [2.24, 2.45) is 5.73 Å². The summed E-state index contributed by atoms with van der Waals surface area (Å²) in [6, 6.07) is 0. The van der Waals surface area contributed by atoms with Gasteiger partial charge >= 0.3 is 0 Å². The number of ether oxygens (including phenoxy) is 1. The van der Waals surface area contributed by atoms with Gasteiger partial charge in [0.2, 0.25) is 0 Å². The fourth-order valence-electron chi connectivity index (χ4n) is 0.716. The van der Waals surface area contributed by atoms with Crippen LogP contribution < -0.4 is 5.73 Å². The molecule has 0 bridgehead atoms. The minimum Gasteiger partial charge on any atom is -0.385 e. The van der Waals surface area contributed by atoms with Gasteiger partial charge in [-0.25, -0.2) is 0 Å². The molecule has 0 aromatic carbocycles. The van der Waals surface area contributed by atoms with E-state index in [2.05, 4.69) is 0 Å². The van der Waals surface area contributed by atoms with E-state index >= 15 is 0 Å². The Balaban J connectivity index is 0.000000640. The van der Waals surface area contributed by atoms with Gasteiger partial charge in [0, 0.05) is 19.3 Å². The van der Waals surface area contributed by atoms with Crippen LogP contribution in [0, 0.1) is 0 Å². The largest absolute Gasteiger partial charge is 0.385 e. The van der Waals surface area contributed by atoms with E-state index in [1.54, 1.807) is 7.11 Å². The smallest absolute Gasteiger partial charge is 0.0479 e. The summed E-state index contributed by atoms with van der Waals surface area (Å²) in [5, 5.41) is 0. The predicted octanol–water partition coefficient (Wildman–Crippen LogP) is 0.936. The van der Waals surface area contributed by atoms with E-state index < -0.39 is 0 Å². The zero-order valence-electron chi connectivity index (χ0n) is 5.72. The minimum absolute atomic E-state index is 0. The van der Waals surface area contributed by atoms with Crippen molar-refractivity contribution in [2.75, 3.05) is 13.7 Å². The Bertz CT molecular complexity index is 83.1. The van der Waals surface area contributed by atoms with Crippen molar-refractivity contribution in [1.82, 2.24) is 0 Å². The summed E-state index contributed by atoms with van der Waals surface area (Å²) in [4.78, 5) is 0. The number of rotatable bonds is 3. The Kier molecular flexibility index (Phi) is 3.48. The van der Waals surface area contributed by atoms with Crippen molar-refractivity contribution in [3.8, 4) is 0 Å². The van der Waals surface area contributed by atoms with Crippen LogP contribution in [0.15, 0.2) is 0 Å². The molecule has 0 saturated heterocycles. The highest BCUT2D eigenvalue weighted by Crippen LogP contribution is 2.35. The molecule has 0 heterocycles. The maximum Gasteiger partial charge on any atom is 0.0479 e. The van der Waals surface area contributed by atoms with Crippen molar-refractivity contribution in [1.29, 1.82) is 0 Å². The molecule has 0 radical (unpaired) electrons. The Hall–Kier alpha value is 0.210. The summed E-state index contributed by atoms with van der Waals surface area (Å²) in [5.41, 5.74) is 5.93. The molecule has 0 aliphatic heterocycles. The molecule has 2 nitrogen and oxygen atoms in total. The first kappa shape index (κ1) is 9.21. The lowest BCUT2D eigenvalue weighted by Crippen LogP contribution is -2.23. The van der Waals surface area contributed by atoms with Crippen LogP contribution in [-0.2, 0) is 4.74 Å². The van der Waals surface area contributed by atoms with Crippen LogP contribution in [0.5, 0.6) is 0 Å². The van der Waals surface area contributed by atoms with Crippen LogP contribution in [0.4, 0.5) is 0 Å². The molecule has 0 unspecified atom stereocenters. The molecule has 1 fully saturated rings. The third-order valence-corrected chi connectivity index (χ3v) is 1.70.